The number of ether oxygens (including phenoxy) is 1. The molecule has 0 spiro atoms. The molecule has 0 fully saturated rings. The van der Waals surface area contributed by atoms with Crippen LogP contribution < -0.4 is 10.1 Å². The summed E-state index contributed by atoms with van der Waals surface area (Å²) in [6.45, 7) is 0. The van der Waals surface area contributed by atoms with Crippen LogP contribution in [0.15, 0.2) is 45.8 Å². The van der Waals surface area contributed by atoms with Crippen molar-refractivity contribution in [2.24, 2.45) is 0 Å². The van der Waals surface area contributed by atoms with Gasteiger partial charge in [0.25, 0.3) is 11.6 Å². The molecule has 23 heavy (non-hydrogen) atoms. The predicted octanol–water partition coefficient (Wildman–Crippen LogP) is 4.34. The Bertz CT molecular complexity index is 767. The van der Waals surface area contributed by atoms with Crippen LogP contribution in [-0.4, -0.2) is 24.2 Å². The largest absolute Gasteiger partial charge is 0.496 e. The number of nitro benzene ring substituents is 1. The first kappa shape index (κ1) is 17.3. The average Bonchev–Trinajstić information content (AvgIpc) is 2.55. The topological polar surface area (TPSA) is 81.5 Å². The molecule has 0 atom stereocenters. The lowest BCUT2D eigenvalue weighted by Crippen LogP contribution is -2.13. The Morgan fingerprint density at radius 2 is 2.04 bits per heavy atom. The summed E-state index contributed by atoms with van der Waals surface area (Å²) in [5.74, 6) is 0.108. The average molecular weight is 397 g/mol. The third-order valence-electron chi connectivity index (χ3n) is 3.07. The van der Waals surface area contributed by atoms with E-state index in [4.69, 9.17) is 4.74 Å². The molecular weight excluding hydrogens is 384 g/mol. The van der Waals surface area contributed by atoms with E-state index >= 15 is 0 Å². The number of nitrogens with zero attached hydrogens (tertiary/aromatic N) is 1. The van der Waals surface area contributed by atoms with Gasteiger partial charge in [0.15, 0.2) is 0 Å². The first-order valence-electron chi connectivity index (χ1n) is 6.43. The molecule has 0 aliphatic rings. The van der Waals surface area contributed by atoms with E-state index in [-0.39, 0.29) is 11.6 Å². The minimum atomic E-state index is -0.499. The van der Waals surface area contributed by atoms with Gasteiger partial charge in [-0.25, -0.2) is 0 Å². The second-order valence-corrected chi connectivity index (χ2v) is 6.18. The normalized spacial score (nSPS) is 10.2. The summed E-state index contributed by atoms with van der Waals surface area (Å²) in [5, 5.41) is 13.4. The van der Waals surface area contributed by atoms with Gasteiger partial charge in [0.05, 0.1) is 23.3 Å². The van der Waals surface area contributed by atoms with E-state index in [9.17, 15) is 14.9 Å². The number of amides is 1. The van der Waals surface area contributed by atoms with Crippen molar-refractivity contribution in [1.82, 2.24) is 0 Å². The monoisotopic (exact) mass is 396 g/mol. The van der Waals surface area contributed by atoms with Gasteiger partial charge in [-0.1, -0.05) is 0 Å². The number of non-ortho nitro benzene ring substituents is 1. The molecule has 2 aromatic rings. The molecule has 6 nitrogen and oxygen atoms in total. The Kier molecular flexibility index (Phi) is 5.62. The van der Waals surface area contributed by atoms with Gasteiger partial charge in [0.2, 0.25) is 0 Å². The first-order valence-corrected chi connectivity index (χ1v) is 8.45. The fourth-order valence-electron chi connectivity index (χ4n) is 1.89. The fourth-order valence-corrected chi connectivity index (χ4v) is 2.79. The molecule has 0 heterocycles. The second-order valence-electron chi connectivity index (χ2n) is 4.44. The molecule has 0 bridgehead atoms. The number of benzene rings is 2. The number of thioether (sulfide) groups is 1. The molecule has 0 unspecified atom stereocenters. The van der Waals surface area contributed by atoms with Gasteiger partial charge in [-0.3, -0.25) is 14.9 Å². The molecule has 0 aromatic heterocycles. The molecule has 2 aromatic carbocycles. The van der Waals surface area contributed by atoms with E-state index in [0.29, 0.717) is 21.5 Å². The van der Waals surface area contributed by atoms with Gasteiger partial charge >= 0.3 is 0 Å². The molecule has 0 saturated carbocycles. The fraction of sp³-hybridized carbons (Fsp3) is 0.133. The van der Waals surface area contributed by atoms with Crippen LogP contribution in [0.3, 0.4) is 0 Å². The lowest BCUT2D eigenvalue weighted by molar-refractivity contribution is -0.384. The van der Waals surface area contributed by atoms with Gasteiger partial charge in [-0.2, -0.15) is 0 Å². The van der Waals surface area contributed by atoms with Gasteiger partial charge < -0.3 is 10.1 Å². The highest BCUT2D eigenvalue weighted by molar-refractivity contribution is 9.10. The number of nitrogens with one attached hydrogen (secondary N) is 1. The third kappa shape index (κ3) is 4.02. The maximum absolute atomic E-state index is 12.4. The molecular formula is C15H13BrN2O4S. The molecule has 8 heteroatoms. The van der Waals surface area contributed by atoms with Gasteiger partial charge in [-0.15, -0.1) is 11.8 Å². The maximum Gasteiger partial charge on any atom is 0.270 e. The number of hydrogen-bond donors (Lipinski definition) is 1. The van der Waals surface area contributed by atoms with Crippen molar-refractivity contribution in [1.29, 1.82) is 0 Å². The zero-order valence-electron chi connectivity index (χ0n) is 12.3. The highest BCUT2D eigenvalue weighted by Crippen LogP contribution is 2.29. The molecule has 2 rings (SSSR count). The summed E-state index contributed by atoms with van der Waals surface area (Å²) in [6.07, 6.45) is 1.93. The van der Waals surface area contributed by atoms with Crippen LogP contribution in [0.5, 0.6) is 5.75 Å². The van der Waals surface area contributed by atoms with Crippen LogP contribution in [0.25, 0.3) is 0 Å². The number of methoxy groups -OCH3 is 1. The SMILES string of the molecule is COc1cc(SC)ccc1C(=O)Nc1ccc([N+](=O)[O-])cc1Br. The Hall–Kier alpha value is -2.06. The Balaban J connectivity index is 2.27. The van der Waals surface area contributed by atoms with Crippen LogP contribution in [0.2, 0.25) is 0 Å². The van der Waals surface area contributed by atoms with Gasteiger partial charge in [-0.05, 0) is 46.5 Å². The van der Waals surface area contributed by atoms with Crippen molar-refractivity contribution in [3.63, 3.8) is 0 Å². The number of carbonyl (C=O) groups is 1. The Labute approximate surface area is 145 Å². The lowest BCUT2D eigenvalue weighted by Gasteiger charge is -2.11. The highest BCUT2D eigenvalue weighted by atomic mass is 79.9. The van der Waals surface area contributed by atoms with Crippen LogP contribution in [0.1, 0.15) is 10.4 Å². The summed E-state index contributed by atoms with van der Waals surface area (Å²) in [5.41, 5.74) is 0.768. The quantitative estimate of drug-likeness (QED) is 0.461. The van der Waals surface area contributed by atoms with E-state index in [1.165, 1.54) is 25.3 Å². The number of anilines is 1. The van der Waals surface area contributed by atoms with Crippen LogP contribution in [-0.2, 0) is 0 Å². The van der Waals surface area contributed by atoms with E-state index in [1.54, 1.807) is 23.9 Å². The first-order chi connectivity index (χ1) is 11.0. The molecule has 0 radical (unpaired) electrons. The number of carbonyl (C=O) groups excluding carboxylic acids is 1. The summed E-state index contributed by atoms with van der Waals surface area (Å²) >= 11 is 4.77. The number of halogens is 1. The predicted molar refractivity (Wildman–Crippen MR) is 93.5 cm³/mol. The van der Waals surface area contributed by atoms with Crippen LogP contribution >= 0.6 is 27.7 Å². The van der Waals surface area contributed by atoms with E-state index in [1.807, 2.05) is 12.3 Å². The van der Waals surface area contributed by atoms with Crippen molar-refractivity contribution in [3.8, 4) is 5.75 Å². The highest BCUT2D eigenvalue weighted by Gasteiger charge is 2.16. The summed E-state index contributed by atoms with van der Waals surface area (Å²) in [7, 11) is 1.50. The second kappa shape index (κ2) is 7.47. The number of rotatable bonds is 5. The number of nitro groups is 1. The van der Waals surface area contributed by atoms with Crippen LogP contribution in [0, 0.1) is 10.1 Å². The smallest absolute Gasteiger partial charge is 0.270 e. The summed E-state index contributed by atoms with van der Waals surface area (Å²) < 4.78 is 5.68. The Morgan fingerprint density at radius 3 is 2.61 bits per heavy atom. The van der Waals surface area contributed by atoms with Crippen molar-refractivity contribution in [2.45, 2.75) is 4.90 Å². The van der Waals surface area contributed by atoms with Gasteiger partial charge in [0, 0.05) is 21.5 Å². The number of hydrogen-bond acceptors (Lipinski definition) is 5. The third-order valence-corrected chi connectivity index (χ3v) is 4.45. The zero-order valence-corrected chi connectivity index (χ0v) is 14.7. The molecule has 0 aliphatic heterocycles. The van der Waals surface area contributed by atoms with Crippen LogP contribution in [0.4, 0.5) is 11.4 Å². The maximum atomic E-state index is 12.4. The van der Waals surface area contributed by atoms with Crippen molar-refractivity contribution in [2.75, 3.05) is 18.7 Å². The molecule has 120 valence electrons. The van der Waals surface area contributed by atoms with E-state index in [2.05, 4.69) is 21.2 Å². The minimum absolute atomic E-state index is 0.0585. The van der Waals surface area contributed by atoms with Crippen molar-refractivity contribution >= 4 is 45.0 Å². The summed E-state index contributed by atoms with van der Waals surface area (Å²) in [6, 6.07) is 9.43. The molecule has 1 amide bonds. The molecule has 0 aliphatic carbocycles. The minimum Gasteiger partial charge on any atom is -0.496 e. The summed E-state index contributed by atoms with van der Waals surface area (Å²) in [4.78, 5) is 23.6. The zero-order chi connectivity index (χ0) is 17.0. The van der Waals surface area contributed by atoms with E-state index in [0.717, 1.165) is 4.90 Å². The van der Waals surface area contributed by atoms with Gasteiger partial charge in [0.1, 0.15) is 5.75 Å². The van der Waals surface area contributed by atoms with Crippen molar-refractivity contribution in [3.05, 3.63) is 56.5 Å². The Morgan fingerprint density at radius 1 is 1.30 bits per heavy atom. The molecule has 0 saturated heterocycles. The van der Waals surface area contributed by atoms with E-state index < -0.39 is 4.92 Å². The van der Waals surface area contributed by atoms with Crippen molar-refractivity contribution < 1.29 is 14.5 Å². The standard InChI is InChI=1S/C15H13BrN2O4S/c1-22-14-8-10(23-2)4-5-11(14)15(19)17-13-6-3-9(18(20)21)7-12(13)16/h3-8H,1-2H3,(H,17,19). The molecule has 1 N–H and O–H groups in total. The lowest BCUT2D eigenvalue weighted by atomic mass is 10.1.